The standard InChI is InChI=1S/C15H23N3O2/c1-17-10-7-16-14(17)12-5-8-18(9-6-12)15(19)13-4-2-3-11-20-13/h7,10,12-13H,2-6,8-9,11H2,1H3. The molecule has 0 bridgehead atoms. The number of likely N-dealkylation sites (tertiary alicyclic amines) is 1. The molecule has 1 aromatic heterocycles. The van der Waals surface area contributed by atoms with Crippen LogP contribution in [0.4, 0.5) is 0 Å². The van der Waals surface area contributed by atoms with Crippen molar-refractivity contribution in [2.24, 2.45) is 7.05 Å². The average Bonchev–Trinajstić information content (AvgIpc) is 2.94. The van der Waals surface area contributed by atoms with E-state index in [-0.39, 0.29) is 12.0 Å². The summed E-state index contributed by atoms with van der Waals surface area (Å²) in [7, 11) is 2.04. The van der Waals surface area contributed by atoms with Crippen molar-refractivity contribution in [1.82, 2.24) is 14.5 Å². The molecular weight excluding hydrogens is 254 g/mol. The molecule has 1 atom stereocenters. The molecule has 0 aliphatic carbocycles. The molecule has 5 nitrogen and oxygen atoms in total. The van der Waals surface area contributed by atoms with E-state index in [9.17, 15) is 4.79 Å². The first kappa shape index (κ1) is 13.6. The predicted octanol–water partition coefficient (Wildman–Crippen LogP) is 1.70. The molecule has 110 valence electrons. The lowest BCUT2D eigenvalue weighted by atomic mass is 9.95. The highest BCUT2D eigenvalue weighted by Gasteiger charge is 2.31. The zero-order valence-corrected chi connectivity index (χ0v) is 12.1. The number of aryl methyl sites for hydroxylation is 1. The summed E-state index contributed by atoms with van der Waals surface area (Å²) in [5, 5.41) is 0. The van der Waals surface area contributed by atoms with Crippen LogP contribution < -0.4 is 0 Å². The summed E-state index contributed by atoms with van der Waals surface area (Å²) in [6.45, 7) is 2.40. The maximum absolute atomic E-state index is 12.4. The van der Waals surface area contributed by atoms with Gasteiger partial charge in [-0.2, -0.15) is 0 Å². The zero-order chi connectivity index (χ0) is 13.9. The van der Waals surface area contributed by atoms with Gasteiger partial charge in [-0.15, -0.1) is 0 Å². The number of carbonyl (C=O) groups is 1. The quantitative estimate of drug-likeness (QED) is 0.826. The number of ether oxygens (including phenoxy) is 1. The summed E-state index contributed by atoms with van der Waals surface area (Å²) in [5.41, 5.74) is 0. The van der Waals surface area contributed by atoms with Crippen molar-refractivity contribution in [3.8, 4) is 0 Å². The second-order valence-corrected chi connectivity index (χ2v) is 5.85. The molecule has 0 N–H and O–H groups in total. The molecule has 1 unspecified atom stereocenters. The molecule has 2 saturated heterocycles. The number of rotatable bonds is 2. The van der Waals surface area contributed by atoms with Crippen molar-refractivity contribution in [2.45, 2.75) is 44.1 Å². The SMILES string of the molecule is Cn1ccnc1C1CCN(C(=O)C2CCCCO2)CC1. The van der Waals surface area contributed by atoms with Crippen molar-refractivity contribution in [1.29, 1.82) is 0 Å². The van der Waals surface area contributed by atoms with Gasteiger partial charge in [-0.25, -0.2) is 4.98 Å². The van der Waals surface area contributed by atoms with Gasteiger partial charge in [0, 0.05) is 45.1 Å². The number of imidazole rings is 1. The fourth-order valence-electron chi connectivity index (χ4n) is 3.27. The van der Waals surface area contributed by atoms with Crippen LogP contribution in [0.25, 0.3) is 0 Å². The Bertz CT molecular complexity index is 457. The molecule has 0 radical (unpaired) electrons. The highest BCUT2D eigenvalue weighted by Crippen LogP contribution is 2.27. The van der Waals surface area contributed by atoms with Crippen LogP contribution in [0.2, 0.25) is 0 Å². The molecule has 1 amide bonds. The molecule has 0 spiro atoms. The van der Waals surface area contributed by atoms with Gasteiger partial charge in [-0.1, -0.05) is 0 Å². The highest BCUT2D eigenvalue weighted by atomic mass is 16.5. The number of carbonyl (C=O) groups excluding carboxylic acids is 1. The summed E-state index contributed by atoms with van der Waals surface area (Å²) in [6, 6.07) is 0. The van der Waals surface area contributed by atoms with E-state index in [1.807, 2.05) is 24.3 Å². The minimum Gasteiger partial charge on any atom is -0.368 e. The minimum atomic E-state index is -0.187. The van der Waals surface area contributed by atoms with Gasteiger partial charge in [0.25, 0.3) is 5.91 Å². The monoisotopic (exact) mass is 277 g/mol. The molecule has 1 aromatic rings. The Kier molecular flexibility index (Phi) is 4.05. The van der Waals surface area contributed by atoms with Gasteiger partial charge in [0.15, 0.2) is 0 Å². The lowest BCUT2D eigenvalue weighted by Gasteiger charge is -2.34. The Morgan fingerprint density at radius 1 is 1.30 bits per heavy atom. The summed E-state index contributed by atoms with van der Waals surface area (Å²) >= 11 is 0. The zero-order valence-electron chi connectivity index (χ0n) is 12.1. The number of amides is 1. The van der Waals surface area contributed by atoms with Crippen LogP contribution in [0.1, 0.15) is 43.8 Å². The first-order chi connectivity index (χ1) is 9.75. The van der Waals surface area contributed by atoms with E-state index in [1.165, 1.54) is 0 Å². The fraction of sp³-hybridized carbons (Fsp3) is 0.733. The van der Waals surface area contributed by atoms with Crippen LogP contribution in [0.15, 0.2) is 12.4 Å². The van der Waals surface area contributed by atoms with E-state index in [0.29, 0.717) is 5.92 Å². The number of aromatic nitrogens is 2. The Morgan fingerprint density at radius 3 is 2.70 bits per heavy atom. The van der Waals surface area contributed by atoms with E-state index < -0.39 is 0 Å². The van der Waals surface area contributed by atoms with Gasteiger partial charge in [0.1, 0.15) is 11.9 Å². The number of piperidine rings is 1. The lowest BCUT2D eigenvalue weighted by molar-refractivity contribution is -0.147. The van der Waals surface area contributed by atoms with Crippen molar-refractivity contribution < 1.29 is 9.53 Å². The van der Waals surface area contributed by atoms with E-state index in [4.69, 9.17) is 4.74 Å². The van der Waals surface area contributed by atoms with Crippen LogP contribution in [-0.2, 0) is 16.6 Å². The Hall–Kier alpha value is -1.36. The van der Waals surface area contributed by atoms with Crippen LogP contribution in [0.3, 0.4) is 0 Å². The Morgan fingerprint density at radius 2 is 2.10 bits per heavy atom. The normalized spacial score (nSPS) is 24.9. The molecular formula is C15H23N3O2. The maximum atomic E-state index is 12.4. The topological polar surface area (TPSA) is 47.4 Å². The maximum Gasteiger partial charge on any atom is 0.251 e. The number of nitrogens with zero attached hydrogens (tertiary/aromatic N) is 3. The first-order valence-electron chi connectivity index (χ1n) is 7.63. The summed E-state index contributed by atoms with van der Waals surface area (Å²) < 4.78 is 7.69. The van der Waals surface area contributed by atoms with Gasteiger partial charge in [0.05, 0.1) is 0 Å². The van der Waals surface area contributed by atoms with Gasteiger partial charge in [-0.05, 0) is 32.1 Å². The van der Waals surface area contributed by atoms with Crippen molar-refractivity contribution in [3.63, 3.8) is 0 Å². The van der Waals surface area contributed by atoms with Crippen molar-refractivity contribution in [3.05, 3.63) is 18.2 Å². The van der Waals surface area contributed by atoms with Crippen LogP contribution in [0, 0.1) is 0 Å². The van der Waals surface area contributed by atoms with E-state index in [2.05, 4.69) is 9.55 Å². The van der Waals surface area contributed by atoms with E-state index in [0.717, 1.165) is 57.6 Å². The van der Waals surface area contributed by atoms with Gasteiger partial charge in [-0.3, -0.25) is 4.79 Å². The highest BCUT2D eigenvalue weighted by molar-refractivity contribution is 5.81. The Balaban J connectivity index is 1.55. The molecule has 3 rings (SSSR count). The molecule has 2 fully saturated rings. The Labute approximate surface area is 119 Å². The molecule has 5 heteroatoms. The number of hydrogen-bond acceptors (Lipinski definition) is 3. The summed E-state index contributed by atoms with van der Waals surface area (Å²) in [4.78, 5) is 18.8. The molecule has 0 aromatic carbocycles. The molecule has 3 heterocycles. The first-order valence-corrected chi connectivity index (χ1v) is 7.63. The van der Waals surface area contributed by atoms with Crippen molar-refractivity contribution in [2.75, 3.05) is 19.7 Å². The third kappa shape index (κ3) is 2.73. The molecule has 0 saturated carbocycles. The predicted molar refractivity (Wildman–Crippen MR) is 75.4 cm³/mol. The average molecular weight is 277 g/mol. The van der Waals surface area contributed by atoms with Gasteiger partial charge >= 0.3 is 0 Å². The molecule has 2 aliphatic rings. The largest absolute Gasteiger partial charge is 0.368 e. The van der Waals surface area contributed by atoms with E-state index in [1.54, 1.807) is 0 Å². The van der Waals surface area contributed by atoms with Crippen LogP contribution >= 0.6 is 0 Å². The third-order valence-corrected chi connectivity index (χ3v) is 4.49. The third-order valence-electron chi connectivity index (χ3n) is 4.49. The van der Waals surface area contributed by atoms with Gasteiger partial charge < -0.3 is 14.2 Å². The second-order valence-electron chi connectivity index (χ2n) is 5.85. The van der Waals surface area contributed by atoms with Gasteiger partial charge in [0.2, 0.25) is 0 Å². The minimum absolute atomic E-state index is 0.187. The summed E-state index contributed by atoms with van der Waals surface area (Å²) in [6.07, 6.45) is 8.75. The smallest absolute Gasteiger partial charge is 0.251 e. The number of hydrogen-bond donors (Lipinski definition) is 0. The summed E-state index contributed by atoms with van der Waals surface area (Å²) in [5.74, 6) is 1.82. The van der Waals surface area contributed by atoms with E-state index >= 15 is 0 Å². The van der Waals surface area contributed by atoms with Crippen LogP contribution in [-0.4, -0.2) is 46.2 Å². The van der Waals surface area contributed by atoms with Crippen molar-refractivity contribution >= 4 is 5.91 Å². The molecule has 20 heavy (non-hydrogen) atoms. The molecule has 2 aliphatic heterocycles. The fourth-order valence-corrected chi connectivity index (χ4v) is 3.27. The lowest BCUT2D eigenvalue weighted by Crippen LogP contribution is -2.45. The second kappa shape index (κ2) is 5.95. The van der Waals surface area contributed by atoms with Crippen LogP contribution in [0.5, 0.6) is 0 Å².